The average Bonchev–Trinajstić information content (AvgIpc) is 2.45. The van der Waals surface area contributed by atoms with Crippen LogP contribution in [0.2, 0.25) is 0 Å². The number of carboxylic acids is 1. The molecule has 6 heteroatoms. The molecule has 1 N–H and O–H groups in total. The Balaban J connectivity index is 2.20. The number of methoxy groups -OCH3 is 1. The van der Waals surface area contributed by atoms with E-state index >= 15 is 0 Å². The molecule has 21 heavy (non-hydrogen) atoms. The predicted octanol–water partition coefficient (Wildman–Crippen LogP) is 3.28. The molecule has 0 fully saturated rings. The van der Waals surface area contributed by atoms with Crippen molar-refractivity contribution in [1.29, 1.82) is 0 Å². The van der Waals surface area contributed by atoms with Gasteiger partial charge in [-0.15, -0.1) is 0 Å². The van der Waals surface area contributed by atoms with Crippen molar-refractivity contribution >= 4 is 28.6 Å². The third-order valence-electron chi connectivity index (χ3n) is 2.76. The van der Waals surface area contributed by atoms with Gasteiger partial charge < -0.3 is 14.6 Å². The quantitative estimate of drug-likeness (QED) is 0.782. The van der Waals surface area contributed by atoms with Gasteiger partial charge in [-0.05, 0) is 47.7 Å². The second-order valence-electron chi connectivity index (χ2n) is 4.37. The Morgan fingerprint density at radius 2 is 2.10 bits per heavy atom. The fourth-order valence-electron chi connectivity index (χ4n) is 1.84. The number of benzene rings is 1. The van der Waals surface area contributed by atoms with Gasteiger partial charge >= 0.3 is 5.97 Å². The maximum Gasteiger partial charge on any atom is 0.339 e. The minimum atomic E-state index is -1.02. The molecule has 0 aliphatic heterocycles. The largest absolute Gasteiger partial charge is 0.497 e. The molecule has 0 radical (unpaired) electrons. The van der Waals surface area contributed by atoms with Gasteiger partial charge in [0.05, 0.1) is 12.8 Å². The Labute approximate surface area is 136 Å². The lowest BCUT2D eigenvalue weighted by Gasteiger charge is -2.10. The second kappa shape index (κ2) is 6.75. The molecule has 1 aromatic carbocycles. The summed E-state index contributed by atoms with van der Waals surface area (Å²) >= 11 is 2.06. The Morgan fingerprint density at radius 3 is 2.76 bits per heavy atom. The molecule has 1 aromatic heterocycles. The number of nitrogens with zero attached hydrogens (tertiary/aromatic N) is 1. The van der Waals surface area contributed by atoms with Crippen molar-refractivity contribution in [3.05, 3.63) is 50.9 Å². The van der Waals surface area contributed by atoms with Crippen LogP contribution in [0, 0.1) is 10.5 Å². The standard InChI is InChI=1S/C15H14INO4/c1-9-5-12(20-2)7-11(17-9)8-21-14-4-3-10(16)6-13(14)15(18)19/h3-7H,8H2,1-2H3,(H,18,19). The molecule has 2 aromatic rings. The van der Waals surface area contributed by atoms with Crippen LogP contribution < -0.4 is 9.47 Å². The first-order valence-electron chi connectivity index (χ1n) is 6.17. The zero-order valence-corrected chi connectivity index (χ0v) is 13.7. The summed E-state index contributed by atoms with van der Waals surface area (Å²) in [6.45, 7) is 2.04. The highest BCUT2D eigenvalue weighted by molar-refractivity contribution is 14.1. The Hall–Kier alpha value is -1.83. The summed E-state index contributed by atoms with van der Waals surface area (Å²) in [5.41, 5.74) is 1.64. The number of carbonyl (C=O) groups is 1. The molecule has 0 aliphatic carbocycles. The molecule has 0 atom stereocenters. The third-order valence-corrected chi connectivity index (χ3v) is 3.43. The van der Waals surface area contributed by atoms with Crippen molar-refractivity contribution in [2.24, 2.45) is 0 Å². The topological polar surface area (TPSA) is 68.7 Å². The van der Waals surface area contributed by atoms with E-state index in [9.17, 15) is 9.90 Å². The van der Waals surface area contributed by atoms with Crippen LogP contribution in [0.5, 0.6) is 11.5 Å². The summed E-state index contributed by atoms with van der Waals surface area (Å²) in [4.78, 5) is 15.6. The van der Waals surface area contributed by atoms with E-state index in [1.165, 1.54) is 0 Å². The van der Waals surface area contributed by atoms with Crippen LogP contribution in [0.4, 0.5) is 0 Å². The zero-order valence-electron chi connectivity index (χ0n) is 11.6. The molecule has 0 saturated carbocycles. The minimum absolute atomic E-state index is 0.140. The molecule has 0 spiro atoms. The summed E-state index contributed by atoms with van der Waals surface area (Å²) in [6.07, 6.45) is 0. The van der Waals surface area contributed by atoms with E-state index in [0.717, 1.165) is 9.26 Å². The number of pyridine rings is 1. The number of rotatable bonds is 5. The number of aryl methyl sites for hydroxylation is 1. The van der Waals surface area contributed by atoms with E-state index in [0.29, 0.717) is 17.2 Å². The molecular formula is C15H14INO4. The van der Waals surface area contributed by atoms with E-state index < -0.39 is 5.97 Å². The van der Waals surface area contributed by atoms with Crippen molar-refractivity contribution in [1.82, 2.24) is 4.98 Å². The number of halogens is 1. The molecule has 0 saturated heterocycles. The molecule has 1 heterocycles. The highest BCUT2D eigenvalue weighted by Gasteiger charge is 2.12. The summed E-state index contributed by atoms with van der Waals surface area (Å²) in [6, 6.07) is 8.60. The lowest BCUT2D eigenvalue weighted by Crippen LogP contribution is -2.05. The van der Waals surface area contributed by atoms with Crippen LogP contribution in [-0.2, 0) is 6.61 Å². The number of aromatic nitrogens is 1. The molecule has 5 nitrogen and oxygen atoms in total. The van der Waals surface area contributed by atoms with Gasteiger partial charge in [0, 0.05) is 21.4 Å². The van der Waals surface area contributed by atoms with Gasteiger partial charge in [-0.25, -0.2) is 4.79 Å². The van der Waals surface area contributed by atoms with Crippen molar-refractivity contribution < 1.29 is 19.4 Å². The molecule has 110 valence electrons. The maximum atomic E-state index is 11.2. The number of ether oxygens (including phenoxy) is 2. The highest BCUT2D eigenvalue weighted by Crippen LogP contribution is 2.23. The Kier molecular flexibility index (Phi) is 5.00. The van der Waals surface area contributed by atoms with Crippen LogP contribution in [-0.4, -0.2) is 23.2 Å². The van der Waals surface area contributed by atoms with Crippen LogP contribution in [0.25, 0.3) is 0 Å². The van der Waals surface area contributed by atoms with Crippen LogP contribution in [0.15, 0.2) is 30.3 Å². The van der Waals surface area contributed by atoms with Gasteiger partial charge in [-0.3, -0.25) is 4.98 Å². The number of hydrogen-bond acceptors (Lipinski definition) is 4. The molecule has 2 rings (SSSR count). The van der Waals surface area contributed by atoms with Crippen LogP contribution in [0.3, 0.4) is 0 Å². The molecule has 0 amide bonds. The lowest BCUT2D eigenvalue weighted by molar-refractivity contribution is 0.0691. The molecule has 0 aliphatic rings. The van der Waals surface area contributed by atoms with E-state index in [2.05, 4.69) is 27.6 Å². The van der Waals surface area contributed by atoms with Crippen molar-refractivity contribution in [2.45, 2.75) is 13.5 Å². The monoisotopic (exact) mass is 399 g/mol. The fraction of sp³-hybridized carbons (Fsp3) is 0.200. The summed E-state index contributed by atoms with van der Waals surface area (Å²) in [5.74, 6) is 0.00524. The Bertz CT molecular complexity index is 673. The van der Waals surface area contributed by atoms with Crippen molar-refractivity contribution in [3.63, 3.8) is 0 Å². The molecular weight excluding hydrogens is 385 g/mol. The SMILES string of the molecule is COc1cc(C)nc(COc2ccc(I)cc2C(=O)O)c1. The summed E-state index contributed by atoms with van der Waals surface area (Å²) in [5, 5.41) is 9.19. The van der Waals surface area contributed by atoms with E-state index in [-0.39, 0.29) is 12.2 Å². The summed E-state index contributed by atoms with van der Waals surface area (Å²) in [7, 11) is 1.58. The predicted molar refractivity (Wildman–Crippen MR) is 86.0 cm³/mol. The van der Waals surface area contributed by atoms with Crippen LogP contribution in [0.1, 0.15) is 21.7 Å². The number of aromatic carboxylic acids is 1. The smallest absolute Gasteiger partial charge is 0.339 e. The Morgan fingerprint density at radius 1 is 1.33 bits per heavy atom. The first-order valence-corrected chi connectivity index (χ1v) is 7.24. The maximum absolute atomic E-state index is 11.2. The van der Waals surface area contributed by atoms with Gasteiger partial charge in [0.15, 0.2) is 0 Å². The summed E-state index contributed by atoms with van der Waals surface area (Å²) < 4.78 is 11.6. The first kappa shape index (κ1) is 15.6. The first-order chi connectivity index (χ1) is 9.99. The molecule has 0 unspecified atom stereocenters. The van der Waals surface area contributed by atoms with E-state index in [4.69, 9.17) is 9.47 Å². The fourth-order valence-corrected chi connectivity index (χ4v) is 2.33. The lowest BCUT2D eigenvalue weighted by atomic mass is 10.2. The van der Waals surface area contributed by atoms with Gasteiger partial charge in [0.25, 0.3) is 0 Å². The van der Waals surface area contributed by atoms with E-state index in [1.54, 1.807) is 31.4 Å². The van der Waals surface area contributed by atoms with E-state index in [1.807, 2.05) is 13.0 Å². The van der Waals surface area contributed by atoms with Crippen molar-refractivity contribution in [3.8, 4) is 11.5 Å². The molecule has 0 bridgehead atoms. The van der Waals surface area contributed by atoms with Gasteiger partial charge in [-0.1, -0.05) is 0 Å². The zero-order chi connectivity index (χ0) is 15.4. The third kappa shape index (κ3) is 4.07. The average molecular weight is 399 g/mol. The second-order valence-corrected chi connectivity index (χ2v) is 5.62. The normalized spacial score (nSPS) is 10.2. The minimum Gasteiger partial charge on any atom is -0.497 e. The number of carboxylic acid groups (broad SMARTS) is 1. The van der Waals surface area contributed by atoms with Gasteiger partial charge in [-0.2, -0.15) is 0 Å². The van der Waals surface area contributed by atoms with Crippen LogP contribution >= 0.6 is 22.6 Å². The van der Waals surface area contributed by atoms with Gasteiger partial charge in [0.2, 0.25) is 0 Å². The number of hydrogen-bond donors (Lipinski definition) is 1. The highest BCUT2D eigenvalue weighted by atomic mass is 127. The van der Waals surface area contributed by atoms with Crippen molar-refractivity contribution in [2.75, 3.05) is 7.11 Å². The van der Waals surface area contributed by atoms with Gasteiger partial charge in [0.1, 0.15) is 23.7 Å².